The minimum absolute atomic E-state index is 0.134. The molecule has 146 valence electrons. The average molecular weight is 381 g/mol. The molecule has 2 rings (SSSR count). The van der Waals surface area contributed by atoms with Crippen LogP contribution in [-0.4, -0.2) is 26.4 Å². The minimum atomic E-state index is -3.73. The van der Waals surface area contributed by atoms with Crippen molar-refractivity contribution < 1.29 is 13.2 Å². The molecule has 0 radical (unpaired) electrons. The lowest BCUT2D eigenvalue weighted by atomic mass is 9.85. The second-order valence-electron chi connectivity index (χ2n) is 7.99. The Bertz CT molecular complexity index is 698. The summed E-state index contributed by atoms with van der Waals surface area (Å²) in [5, 5.41) is 3.09. The fourth-order valence-corrected chi connectivity index (χ4v) is 4.68. The van der Waals surface area contributed by atoms with Crippen LogP contribution in [0.15, 0.2) is 29.2 Å². The van der Waals surface area contributed by atoms with Crippen molar-refractivity contribution in [2.75, 3.05) is 0 Å². The van der Waals surface area contributed by atoms with Crippen molar-refractivity contribution in [3.63, 3.8) is 0 Å². The lowest BCUT2D eigenvalue weighted by Crippen LogP contribution is -2.51. The van der Waals surface area contributed by atoms with Crippen molar-refractivity contribution in [1.29, 1.82) is 0 Å². The number of amides is 1. The predicted molar refractivity (Wildman–Crippen MR) is 104 cm³/mol. The smallest absolute Gasteiger partial charge is 0.241 e. The second-order valence-corrected chi connectivity index (χ2v) is 9.71. The van der Waals surface area contributed by atoms with Gasteiger partial charge in [-0.15, -0.1) is 0 Å². The third-order valence-electron chi connectivity index (χ3n) is 5.09. The average Bonchev–Trinajstić information content (AvgIpc) is 2.56. The predicted octanol–water partition coefficient (Wildman–Crippen LogP) is 3.38. The molecule has 1 aromatic rings. The standard InChI is InChI=1S/C20H32N2O3S/c1-14(2)13-19(20(23)21-18-8-6-5-7-16(18)4)22-26(24,25)17-11-9-15(3)10-12-17/h9-12,14,16,18-19,22H,5-8,13H2,1-4H3,(H,21,23). The third kappa shape index (κ3) is 5.81. The number of hydrogen-bond acceptors (Lipinski definition) is 3. The van der Waals surface area contributed by atoms with E-state index in [0.717, 1.165) is 24.8 Å². The fourth-order valence-electron chi connectivity index (χ4n) is 3.47. The van der Waals surface area contributed by atoms with Crippen LogP contribution in [0.5, 0.6) is 0 Å². The molecule has 3 unspecified atom stereocenters. The molecule has 0 bridgehead atoms. The Labute approximate surface area is 158 Å². The number of carbonyl (C=O) groups is 1. The Morgan fingerprint density at radius 2 is 1.77 bits per heavy atom. The topological polar surface area (TPSA) is 75.3 Å². The summed E-state index contributed by atoms with van der Waals surface area (Å²) in [5.74, 6) is 0.421. The van der Waals surface area contributed by atoms with Gasteiger partial charge in [-0.25, -0.2) is 8.42 Å². The summed E-state index contributed by atoms with van der Waals surface area (Å²) in [5.41, 5.74) is 0.992. The van der Waals surface area contributed by atoms with Crippen molar-refractivity contribution >= 4 is 15.9 Å². The first-order valence-corrected chi connectivity index (χ1v) is 11.1. The number of nitrogens with one attached hydrogen (secondary N) is 2. The monoisotopic (exact) mass is 380 g/mol. The summed E-state index contributed by atoms with van der Waals surface area (Å²) in [6.07, 6.45) is 4.85. The van der Waals surface area contributed by atoms with Crippen molar-refractivity contribution in [3.05, 3.63) is 29.8 Å². The van der Waals surface area contributed by atoms with Gasteiger partial charge in [0.05, 0.1) is 4.90 Å². The van der Waals surface area contributed by atoms with Gasteiger partial charge in [0.2, 0.25) is 15.9 Å². The van der Waals surface area contributed by atoms with E-state index in [4.69, 9.17) is 0 Å². The van der Waals surface area contributed by atoms with Crippen LogP contribution in [-0.2, 0) is 14.8 Å². The van der Waals surface area contributed by atoms with Crippen LogP contribution in [0.2, 0.25) is 0 Å². The number of hydrogen-bond donors (Lipinski definition) is 2. The number of benzene rings is 1. The maximum absolute atomic E-state index is 12.8. The van der Waals surface area contributed by atoms with E-state index in [0.29, 0.717) is 12.3 Å². The normalized spacial score (nSPS) is 22.2. The first kappa shape index (κ1) is 20.9. The van der Waals surface area contributed by atoms with E-state index in [1.54, 1.807) is 24.3 Å². The van der Waals surface area contributed by atoms with E-state index in [1.165, 1.54) is 6.42 Å². The van der Waals surface area contributed by atoms with Crippen molar-refractivity contribution in [2.24, 2.45) is 11.8 Å². The molecule has 0 aliphatic heterocycles. The van der Waals surface area contributed by atoms with E-state index in [9.17, 15) is 13.2 Å². The Balaban J connectivity index is 2.12. The van der Waals surface area contributed by atoms with Gasteiger partial charge < -0.3 is 5.32 Å². The largest absolute Gasteiger partial charge is 0.352 e. The molecule has 1 aliphatic carbocycles. The van der Waals surface area contributed by atoms with E-state index in [1.807, 2.05) is 20.8 Å². The van der Waals surface area contributed by atoms with Gasteiger partial charge in [-0.2, -0.15) is 4.72 Å². The molecule has 26 heavy (non-hydrogen) atoms. The fraction of sp³-hybridized carbons (Fsp3) is 0.650. The highest BCUT2D eigenvalue weighted by atomic mass is 32.2. The molecular formula is C20H32N2O3S. The van der Waals surface area contributed by atoms with Crippen LogP contribution in [0.25, 0.3) is 0 Å². The molecule has 6 heteroatoms. The zero-order valence-electron chi connectivity index (χ0n) is 16.3. The first-order valence-electron chi connectivity index (χ1n) is 9.58. The lowest BCUT2D eigenvalue weighted by Gasteiger charge is -2.31. The van der Waals surface area contributed by atoms with Gasteiger partial charge in [0.15, 0.2) is 0 Å². The molecule has 1 aliphatic rings. The van der Waals surface area contributed by atoms with Gasteiger partial charge >= 0.3 is 0 Å². The first-order chi connectivity index (χ1) is 12.2. The van der Waals surface area contributed by atoms with Crippen LogP contribution in [0.1, 0.15) is 58.4 Å². The van der Waals surface area contributed by atoms with Crippen LogP contribution < -0.4 is 10.0 Å². The van der Waals surface area contributed by atoms with Crippen LogP contribution in [0, 0.1) is 18.8 Å². The Morgan fingerprint density at radius 3 is 2.35 bits per heavy atom. The zero-order chi connectivity index (χ0) is 19.3. The zero-order valence-corrected chi connectivity index (χ0v) is 17.1. The number of rotatable bonds is 7. The molecule has 1 fully saturated rings. The van der Waals surface area contributed by atoms with E-state index >= 15 is 0 Å². The Morgan fingerprint density at radius 1 is 1.15 bits per heavy atom. The summed E-state index contributed by atoms with van der Waals surface area (Å²) < 4.78 is 28.0. The molecular weight excluding hydrogens is 348 g/mol. The molecule has 2 N–H and O–H groups in total. The van der Waals surface area contributed by atoms with Crippen molar-refractivity contribution in [3.8, 4) is 0 Å². The molecule has 0 saturated heterocycles. The van der Waals surface area contributed by atoms with E-state index < -0.39 is 16.1 Å². The summed E-state index contributed by atoms with van der Waals surface area (Å²) in [6, 6.07) is 6.05. The quantitative estimate of drug-likeness (QED) is 0.761. The van der Waals surface area contributed by atoms with Crippen molar-refractivity contribution in [2.45, 2.75) is 76.8 Å². The Kier molecular flexibility index (Phi) is 7.24. The third-order valence-corrected chi connectivity index (χ3v) is 6.58. The van der Waals surface area contributed by atoms with Crippen LogP contribution in [0.3, 0.4) is 0 Å². The minimum Gasteiger partial charge on any atom is -0.352 e. The molecule has 0 aromatic heterocycles. The number of sulfonamides is 1. The van der Waals surface area contributed by atoms with Gasteiger partial charge in [-0.3, -0.25) is 4.79 Å². The van der Waals surface area contributed by atoms with Gasteiger partial charge in [0.25, 0.3) is 0 Å². The van der Waals surface area contributed by atoms with Gasteiger partial charge in [0.1, 0.15) is 6.04 Å². The number of carbonyl (C=O) groups excluding carboxylic acids is 1. The molecule has 5 nitrogen and oxygen atoms in total. The summed E-state index contributed by atoms with van der Waals surface area (Å²) >= 11 is 0. The highest BCUT2D eigenvalue weighted by Crippen LogP contribution is 2.24. The van der Waals surface area contributed by atoms with Crippen LogP contribution in [0.4, 0.5) is 0 Å². The summed E-state index contributed by atoms with van der Waals surface area (Å²) in [4.78, 5) is 13.0. The van der Waals surface area contributed by atoms with Gasteiger partial charge in [0, 0.05) is 6.04 Å². The number of aryl methyl sites for hydroxylation is 1. The maximum atomic E-state index is 12.8. The van der Waals surface area contributed by atoms with Crippen LogP contribution >= 0.6 is 0 Å². The molecule has 1 saturated carbocycles. The van der Waals surface area contributed by atoms with Gasteiger partial charge in [-0.05, 0) is 50.2 Å². The Hall–Kier alpha value is -1.40. The maximum Gasteiger partial charge on any atom is 0.241 e. The SMILES string of the molecule is Cc1ccc(S(=O)(=O)NC(CC(C)C)C(=O)NC2CCCCC2C)cc1. The van der Waals surface area contributed by atoms with Crippen molar-refractivity contribution in [1.82, 2.24) is 10.0 Å². The molecule has 3 atom stereocenters. The molecule has 1 aromatic carbocycles. The molecule has 0 spiro atoms. The highest BCUT2D eigenvalue weighted by molar-refractivity contribution is 7.89. The highest BCUT2D eigenvalue weighted by Gasteiger charge is 2.30. The molecule has 1 amide bonds. The second kappa shape index (κ2) is 9.00. The van der Waals surface area contributed by atoms with E-state index in [-0.39, 0.29) is 22.8 Å². The lowest BCUT2D eigenvalue weighted by molar-refractivity contribution is -0.124. The van der Waals surface area contributed by atoms with Gasteiger partial charge in [-0.1, -0.05) is 51.3 Å². The van der Waals surface area contributed by atoms with E-state index in [2.05, 4.69) is 17.0 Å². The summed E-state index contributed by atoms with van der Waals surface area (Å²) in [6.45, 7) is 8.04. The molecule has 0 heterocycles. The summed E-state index contributed by atoms with van der Waals surface area (Å²) in [7, 11) is -3.73.